The first-order valence-electron chi connectivity index (χ1n) is 5.81. The van der Waals surface area contributed by atoms with Crippen molar-refractivity contribution in [2.45, 2.75) is 19.3 Å². The lowest BCUT2D eigenvalue weighted by molar-refractivity contribution is -0.120. The molecule has 1 unspecified atom stereocenters. The van der Waals surface area contributed by atoms with Crippen LogP contribution in [0.5, 0.6) is 5.75 Å². The first-order valence-corrected chi connectivity index (χ1v) is 5.81. The van der Waals surface area contributed by atoms with Gasteiger partial charge in [0.15, 0.2) is 6.61 Å². The van der Waals surface area contributed by atoms with Crippen LogP contribution in [0, 0.1) is 0 Å². The van der Waals surface area contributed by atoms with Crippen LogP contribution in [0.3, 0.4) is 0 Å². The SMILES string of the molecule is CCC(CO)c1ccc2c(c1)OCC(=O)N2C. The summed E-state index contributed by atoms with van der Waals surface area (Å²) in [5.74, 6) is 0.808. The van der Waals surface area contributed by atoms with Crippen LogP contribution in [-0.2, 0) is 4.79 Å². The number of anilines is 1. The minimum Gasteiger partial charge on any atom is -0.482 e. The molecule has 0 aliphatic carbocycles. The molecule has 0 saturated carbocycles. The molecule has 92 valence electrons. The number of nitrogens with zero attached hydrogens (tertiary/aromatic N) is 1. The number of carbonyl (C=O) groups excluding carboxylic acids is 1. The van der Waals surface area contributed by atoms with Crippen molar-refractivity contribution in [3.63, 3.8) is 0 Å². The second-order valence-electron chi connectivity index (χ2n) is 4.26. The predicted octanol–water partition coefficient (Wildman–Crippen LogP) is 1.53. The van der Waals surface area contributed by atoms with Gasteiger partial charge in [-0.3, -0.25) is 4.79 Å². The molecule has 1 aliphatic heterocycles. The van der Waals surface area contributed by atoms with Gasteiger partial charge in [0.1, 0.15) is 5.75 Å². The van der Waals surface area contributed by atoms with E-state index in [1.54, 1.807) is 11.9 Å². The van der Waals surface area contributed by atoms with Gasteiger partial charge in [-0.05, 0) is 24.1 Å². The molecule has 1 aromatic carbocycles. The zero-order valence-corrected chi connectivity index (χ0v) is 10.1. The fraction of sp³-hybridized carbons (Fsp3) is 0.462. The standard InChI is InChI=1S/C13H17NO3/c1-3-9(7-15)10-4-5-11-12(6-10)17-8-13(16)14(11)2/h4-6,9,15H,3,7-8H2,1-2H3. The van der Waals surface area contributed by atoms with Crippen LogP contribution in [0.1, 0.15) is 24.8 Å². The lowest BCUT2D eigenvalue weighted by atomic mass is 9.96. The van der Waals surface area contributed by atoms with E-state index in [4.69, 9.17) is 4.74 Å². The number of carbonyl (C=O) groups is 1. The van der Waals surface area contributed by atoms with Gasteiger partial charge in [-0.1, -0.05) is 13.0 Å². The van der Waals surface area contributed by atoms with E-state index in [2.05, 4.69) is 0 Å². The molecule has 17 heavy (non-hydrogen) atoms. The highest BCUT2D eigenvalue weighted by Crippen LogP contribution is 2.34. The number of benzene rings is 1. The van der Waals surface area contributed by atoms with Gasteiger partial charge in [-0.15, -0.1) is 0 Å². The van der Waals surface area contributed by atoms with E-state index in [9.17, 15) is 9.90 Å². The Bertz CT molecular complexity index is 427. The number of likely N-dealkylation sites (N-methyl/N-ethyl adjacent to an activating group) is 1. The molecule has 4 nitrogen and oxygen atoms in total. The van der Waals surface area contributed by atoms with Crippen LogP contribution in [0.2, 0.25) is 0 Å². The Morgan fingerprint density at radius 3 is 2.94 bits per heavy atom. The molecule has 2 rings (SSSR count). The molecule has 1 heterocycles. The van der Waals surface area contributed by atoms with Gasteiger partial charge in [0.25, 0.3) is 5.91 Å². The molecule has 0 saturated heterocycles. The topological polar surface area (TPSA) is 49.8 Å². The van der Waals surface area contributed by atoms with Crippen molar-refractivity contribution in [3.05, 3.63) is 23.8 Å². The number of ether oxygens (including phenoxy) is 1. The van der Waals surface area contributed by atoms with E-state index in [1.807, 2.05) is 25.1 Å². The zero-order chi connectivity index (χ0) is 12.4. The third-order valence-corrected chi connectivity index (χ3v) is 3.26. The van der Waals surface area contributed by atoms with Crippen molar-refractivity contribution < 1.29 is 14.6 Å². The number of fused-ring (bicyclic) bond motifs is 1. The van der Waals surface area contributed by atoms with Gasteiger partial charge < -0.3 is 14.7 Å². The molecule has 1 aromatic rings. The number of aliphatic hydroxyl groups is 1. The molecule has 0 bridgehead atoms. The minimum atomic E-state index is -0.0422. The molecule has 1 amide bonds. The Balaban J connectivity index is 2.35. The smallest absolute Gasteiger partial charge is 0.264 e. The summed E-state index contributed by atoms with van der Waals surface area (Å²) in [7, 11) is 1.74. The van der Waals surface area contributed by atoms with Crippen LogP contribution in [0.4, 0.5) is 5.69 Å². The lowest BCUT2D eigenvalue weighted by Crippen LogP contribution is -2.35. The van der Waals surface area contributed by atoms with Crippen molar-refractivity contribution >= 4 is 11.6 Å². The molecule has 1 N–H and O–H groups in total. The molecule has 1 atom stereocenters. The Morgan fingerprint density at radius 1 is 1.53 bits per heavy atom. The summed E-state index contributed by atoms with van der Waals surface area (Å²) in [5.41, 5.74) is 1.84. The average Bonchev–Trinajstić information content (AvgIpc) is 2.35. The summed E-state index contributed by atoms with van der Waals surface area (Å²) in [5, 5.41) is 9.27. The maximum Gasteiger partial charge on any atom is 0.264 e. The fourth-order valence-corrected chi connectivity index (χ4v) is 2.02. The molecule has 1 aliphatic rings. The highest BCUT2D eigenvalue weighted by Gasteiger charge is 2.23. The van der Waals surface area contributed by atoms with Crippen molar-refractivity contribution in [2.24, 2.45) is 0 Å². The quantitative estimate of drug-likeness (QED) is 0.864. The Hall–Kier alpha value is -1.55. The Labute approximate surface area is 101 Å². The van der Waals surface area contributed by atoms with Crippen LogP contribution < -0.4 is 9.64 Å². The van der Waals surface area contributed by atoms with Crippen LogP contribution in [0.25, 0.3) is 0 Å². The highest BCUT2D eigenvalue weighted by molar-refractivity contribution is 5.97. The van der Waals surface area contributed by atoms with E-state index in [0.29, 0.717) is 0 Å². The van der Waals surface area contributed by atoms with E-state index in [-0.39, 0.29) is 25.0 Å². The minimum absolute atomic E-state index is 0.0422. The average molecular weight is 235 g/mol. The largest absolute Gasteiger partial charge is 0.482 e. The second kappa shape index (κ2) is 4.75. The third kappa shape index (κ3) is 2.13. The van der Waals surface area contributed by atoms with Crippen molar-refractivity contribution in [3.8, 4) is 5.75 Å². The second-order valence-corrected chi connectivity index (χ2v) is 4.26. The van der Waals surface area contributed by atoms with Gasteiger partial charge in [0.05, 0.1) is 5.69 Å². The first-order chi connectivity index (χ1) is 8.17. The summed E-state index contributed by atoms with van der Waals surface area (Å²) < 4.78 is 5.41. The predicted molar refractivity (Wildman–Crippen MR) is 65.5 cm³/mol. The number of rotatable bonds is 3. The molecule has 0 radical (unpaired) electrons. The number of amides is 1. The van der Waals surface area contributed by atoms with Gasteiger partial charge >= 0.3 is 0 Å². The van der Waals surface area contributed by atoms with Gasteiger partial charge in [-0.25, -0.2) is 0 Å². The maximum absolute atomic E-state index is 11.4. The number of hydrogen-bond donors (Lipinski definition) is 1. The summed E-state index contributed by atoms with van der Waals surface area (Å²) in [6.07, 6.45) is 0.879. The zero-order valence-electron chi connectivity index (χ0n) is 10.1. The van der Waals surface area contributed by atoms with Crippen molar-refractivity contribution in [1.29, 1.82) is 0 Å². The van der Waals surface area contributed by atoms with Crippen LogP contribution in [-0.4, -0.2) is 31.3 Å². The first kappa shape index (κ1) is 11.9. The number of hydrogen-bond acceptors (Lipinski definition) is 3. The molecular weight excluding hydrogens is 218 g/mol. The molecule has 4 heteroatoms. The number of aliphatic hydroxyl groups excluding tert-OH is 1. The van der Waals surface area contributed by atoms with Crippen molar-refractivity contribution in [1.82, 2.24) is 0 Å². The van der Waals surface area contributed by atoms with Crippen molar-refractivity contribution in [2.75, 3.05) is 25.2 Å². The normalized spacial score (nSPS) is 16.4. The fourth-order valence-electron chi connectivity index (χ4n) is 2.02. The van der Waals surface area contributed by atoms with E-state index < -0.39 is 0 Å². The maximum atomic E-state index is 11.4. The summed E-state index contributed by atoms with van der Waals surface area (Å²) >= 11 is 0. The van der Waals surface area contributed by atoms with E-state index >= 15 is 0 Å². The van der Waals surface area contributed by atoms with Gasteiger partial charge in [-0.2, -0.15) is 0 Å². The van der Waals surface area contributed by atoms with Crippen LogP contribution >= 0.6 is 0 Å². The Morgan fingerprint density at radius 2 is 2.29 bits per heavy atom. The van der Waals surface area contributed by atoms with E-state index in [0.717, 1.165) is 23.4 Å². The lowest BCUT2D eigenvalue weighted by Gasteiger charge is -2.27. The highest BCUT2D eigenvalue weighted by atomic mass is 16.5. The van der Waals surface area contributed by atoms with Gasteiger partial charge in [0.2, 0.25) is 0 Å². The molecule has 0 aromatic heterocycles. The molecule has 0 spiro atoms. The summed E-state index contributed by atoms with van der Waals surface area (Å²) in [4.78, 5) is 13.0. The monoisotopic (exact) mass is 235 g/mol. The molecule has 0 fully saturated rings. The van der Waals surface area contributed by atoms with Gasteiger partial charge in [0, 0.05) is 19.6 Å². The Kier molecular flexibility index (Phi) is 3.33. The summed E-state index contributed by atoms with van der Waals surface area (Å²) in [6, 6.07) is 5.74. The van der Waals surface area contributed by atoms with Crippen LogP contribution in [0.15, 0.2) is 18.2 Å². The molecular formula is C13H17NO3. The summed E-state index contributed by atoms with van der Waals surface area (Å²) in [6.45, 7) is 2.25. The van der Waals surface area contributed by atoms with E-state index in [1.165, 1.54) is 0 Å². The third-order valence-electron chi connectivity index (χ3n) is 3.26.